The molecule has 1 heterocycles. The summed E-state index contributed by atoms with van der Waals surface area (Å²) in [5, 5.41) is 0.747. The summed E-state index contributed by atoms with van der Waals surface area (Å²) in [5.41, 5.74) is 7.74. The van der Waals surface area contributed by atoms with Crippen molar-refractivity contribution in [2.24, 2.45) is 5.73 Å². The molecule has 0 aliphatic carbocycles. The summed E-state index contributed by atoms with van der Waals surface area (Å²) in [6.45, 7) is 6.48. The average molecular weight is 255 g/mol. The fourth-order valence-electron chi connectivity index (χ4n) is 2.29. The molecule has 0 saturated carbocycles. The van der Waals surface area contributed by atoms with Gasteiger partial charge in [-0.3, -0.25) is 0 Å². The number of hydrogen-bond acceptors (Lipinski definition) is 3. The first-order valence-electron chi connectivity index (χ1n) is 5.99. The number of ether oxygens (including phenoxy) is 1. The van der Waals surface area contributed by atoms with Gasteiger partial charge in [0.05, 0.1) is 12.2 Å². The van der Waals surface area contributed by atoms with Crippen molar-refractivity contribution in [1.29, 1.82) is 0 Å². The lowest BCUT2D eigenvalue weighted by Gasteiger charge is -2.37. The Morgan fingerprint density at radius 3 is 2.53 bits per heavy atom. The van der Waals surface area contributed by atoms with E-state index in [-0.39, 0.29) is 12.2 Å². The van der Waals surface area contributed by atoms with Crippen molar-refractivity contribution in [3.05, 3.63) is 28.8 Å². The van der Waals surface area contributed by atoms with E-state index in [4.69, 9.17) is 22.1 Å². The third-order valence-electron chi connectivity index (χ3n) is 3.04. The molecule has 0 amide bonds. The van der Waals surface area contributed by atoms with Crippen LogP contribution in [0.2, 0.25) is 5.02 Å². The quantitative estimate of drug-likeness (QED) is 0.881. The van der Waals surface area contributed by atoms with E-state index in [0.29, 0.717) is 6.54 Å². The lowest BCUT2D eigenvalue weighted by Crippen LogP contribution is -2.45. The highest BCUT2D eigenvalue weighted by Crippen LogP contribution is 2.26. The van der Waals surface area contributed by atoms with E-state index >= 15 is 0 Å². The fraction of sp³-hybridized carbons (Fsp3) is 0.538. The SMILES string of the molecule is C[C@@H]1CN(c2ccc(CN)c(Cl)c2)C[C@H](C)O1. The molecule has 0 aromatic heterocycles. The van der Waals surface area contributed by atoms with Gasteiger partial charge in [-0.2, -0.15) is 0 Å². The molecule has 2 atom stereocenters. The summed E-state index contributed by atoms with van der Waals surface area (Å²) in [6.07, 6.45) is 0.512. The maximum Gasteiger partial charge on any atom is 0.0726 e. The molecule has 1 saturated heterocycles. The molecule has 3 nitrogen and oxygen atoms in total. The van der Waals surface area contributed by atoms with E-state index < -0.39 is 0 Å². The van der Waals surface area contributed by atoms with Crippen LogP contribution >= 0.6 is 11.6 Å². The van der Waals surface area contributed by atoms with Crippen molar-refractivity contribution in [2.45, 2.75) is 32.6 Å². The summed E-state index contributed by atoms with van der Waals surface area (Å²) in [6, 6.07) is 6.08. The van der Waals surface area contributed by atoms with E-state index in [1.54, 1.807) is 0 Å². The van der Waals surface area contributed by atoms with Crippen LogP contribution in [0.25, 0.3) is 0 Å². The van der Waals surface area contributed by atoms with Gasteiger partial charge in [0.2, 0.25) is 0 Å². The van der Waals surface area contributed by atoms with Crippen molar-refractivity contribution in [1.82, 2.24) is 0 Å². The lowest BCUT2D eigenvalue weighted by atomic mass is 10.1. The number of benzene rings is 1. The second-order valence-corrected chi connectivity index (χ2v) is 5.05. The van der Waals surface area contributed by atoms with E-state index in [1.165, 1.54) is 0 Å². The number of nitrogens with zero attached hydrogens (tertiary/aromatic N) is 1. The van der Waals surface area contributed by atoms with Gasteiger partial charge < -0.3 is 15.4 Å². The average Bonchev–Trinajstić information content (AvgIpc) is 2.27. The Bertz CT molecular complexity index is 387. The van der Waals surface area contributed by atoms with Gasteiger partial charge in [0.1, 0.15) is 0 Å². The first-order chi connectivity index (χ1) is 8.10. The second kappa shape index (κ2) is 5.25. The first kappa shape index (κ1) is 12.7. The highest BCUT2D eigenvalue weighted by atomic mass is 35.5. The molecular formula is C13H19ClN2O. The van der Waals surface area contributed by atoms with Crippen molar-refractivity contribution in [2.75, 3.05) is 18.0 Å². The molecule has 2 rings (SSSR count). The number of rotatable bonds is 2. The molecule has 94 valence electrons. The standard InChI is InChI=1S/C13H19ClN2O/c1-9-7-16(8-10(2)17-9)12-4-3-11(6-15)13(14)5-12/h3-5,9-10H,6-8,15H2,1-2H3/t9-,10+. The third-order valence-corrected chi connectivity index (χ3v) is 3.39. The molecule has 1 aromatic carbocycles. The maximum atomic E-state index is 6.18. The van der Waals surface area contributed by atoms with Crippen LogP contribution in [0.1, 0.15) is 19.4 Å². The smallest absolute Gasteiger partial charge is 0.0726 e. The predicted molar refractivity (Wildman–Crippen MR) is 71.6 cm³/mol. The number of anilines is 1. The monoisotopic (exact) mass is 254 g/mol. The summed E-state index contributed by atoms with van der Waals surface area (Å²) in [4.78, 5) is 2.31. The molecule has 0 spiro atoms. The van der Waals surface area contributed by atoms with Gasteiger partial charge in [0, 0.05) is 30.3 Å². The topological polar surface area (TPSA) is 38.5 Å². The van der Waals surface area contributed by atoms with Gasteiger partial charge >= 0.3 is 0 Å². The number of hydrogen-bond donors (Lipinski definition) is 1. The molecule has 0 unspecified atom stereocenters. The molecule has 17 heavy (non-hydrogen) atoms. The minimum Gasteiger partial charge on any atom is -0.372 e. The van der Waals surface area contributed by atoms with Crippen molar-refractivity contribution in [3.8, 4) is 0 Å². The van der Waals surface area contributed by atoms with Gasteiger partial charge in [-0.05, 0) is 31.5 Å². The van der Waals surface area contributed by atoms with Crippen LogP contribution in [0.5, 0.6) is 0 Å². The van der Waals surface area contributed by atoms with Crippen LogP contribution < -0.4 is 10.6 Å². The van der Waals surface area contributed by atoms with Crippen LogP contribution in [-0.2, 0) is 11.3 Å². The molecule has 0 bridgehead atoms. The van der Waals surface area contributed by atoms with Gasteiger partial charge in [0.15, 0.2) is 0 Å². The third kappa shape index (κ3) is 2.92. The Morgan fingerprint density at radius 1 is 1.35 bits per heavy atom. The molecule has 4 heteroatoms. The Morgan fingerprint density at radius 2 is 2.00 bits per heavy atom. The number of morpholine rings is 1. The Balaban J connectivity index is 2.19. The molecule has 1 fully saturated rings. The zero-order valence-electron chi connectivity index (χ0n) is 10.3. The highest BCUT2D eigenvalue weighted by molar-refractivity contribution is 6.31. The highest BCUT2D eigenvalue weighted by Gasteiger charge is 2.22. The Labute approximate surface area is 107 Å². The van der Waals surface area contributed by atoms with Crippen LogP contribution in [0.3, 0.4) is 0 Å². The second-order valence-electron chi connectivity index (χ2n) is 4.64. The fourth-order valence-corrected chi connectivity index (χ4v) is 2.54. The predicted octanol–water partition coefficient (Wildman–Crippen LogP) is 2.41. The molecule has 1 aromatic rings. The van der Waals surface area contributed by atoms with Crippen LogP contribution in [0.4, 0.5) is 5.69 Å². The van der Waals surface area contributed by atoms with Crippen molar-refractivity contribution in [3.63, 3.8) is 0 Å². The van der Waals surface area contributed by atoms with E-state index in [2.05, 4.69) is 24.8 Å². The minimum atomic E-state index is 0.256. The van der Waals surface area contributed by atoms with Gasteiger partial charge in [-0.15, -0.1) is 0 Å². The lowest BCUT2D eigenvalue weighted by molar-refractivity contribution is -0.00521. The molecule has 1 aliphatic rings. The van der Waals surface area contributed by atoms with Gasteiger partial charge in [-0.1, -0.05) is 17.7 Å². The summed E-state index contributed by atoms with van der Waals surface area (Å²) >= 11 is 6.18. The number of halogens is 1. The zero-order chi connectivity index (χ0) is 12.4. The van der Waals surface area contributed by atoms with Crippen LogP contribution in [0, 0.1) is 0 Å². The van der Waals surface area contributed by atoms with Crippen LogP contribution in [0.15, 0.2) is 18.2 Å². The van der Waals surface area contributed by atoms with Crippen LogP contribution in [-0.4, -0.2) is 25.3 Å². The number of nitrogens with two attached hydrogens (primary N) is 1. The Hall–Kier alpha value is -0.770. The molecule has 2 N–H and O–H groups in total. The normalized spacial score (nSPS) is 25.1. The summed E-state index contributed by atoms with van der Waals surface area (Å²) in [7, 11) is 0. The minimum absolute atomic E-state index is 0.256. The van der Waals surface area contributed by atoms with E-state index in [9.17, 15) is 0 Å². The molecule has 0 radical (unpaired) electrons. The van der Waals surface area contributed by atoms with Gasteiger partial charge in [-0.25, -0.2) is 0 Å². The van der Waals surface area contributed by atoms with E-state index in [0.717, 1.165) is 29.4 Å². The summed E-state index contributed by atoms with van der Waals surface area (Å²) < 4.78 is 5.72. The maximum absolute atomic E-state index is 6.18. The van der Waals surface area contributed by atoms with E-state index in [1.807, 2.05) is 12.1 Å². The zero-order valence-corrected chi connectivity index (χ0v) is 11.1. The first-order valence-corrected chi connectivity index (χ1v) is 6.37. The largest absolute Gasteiger partial charge is 0.372 e. The molecule has 1 aliphatic heterocycles. The molecular weight excluding hydrogens is 236 g/mol. The van der Waals surface area contributed by atoms with Gasteiger partial charge in [0.25, 0.3) is 0 Å². The van der Waals surface area contributed by atoms with Crippen molar-refractivity contribution < 1.29 is 4.74 Å². The summed E-state index contributed by atoms with van der Waals surface area (Å²) in [5.74, 6) is 0. The Kier molecular flexibility index (Phi) is 3.92. The van der Waals surface area contributed by atoms with Crippen molar-refractivity contribution >= 4 is 17.3 Å².